The van der Waals surface area contributed by atoms with Crippen molar-refractivity contribution in [2.75, 3.05) is 32.6 Å². The van der Waals surface area contributed by atoms with E-state index in [-0.39, 0.29) is 41.6 Å². The molecule has 50 heavy (non-hydrogen) atoms. The van der Waals surface area contributed by atoms with Crippen molar-refractivity contribution >= 4 is 23.4 Å². The molecule has 3 unspecified atom stereocenters. The first-order chi connectivity index (χ1) is 23.9. The van der Waals surface area contributed by atoms with Crippen LogP contribution in [0.3, 0.4) is 0 Å². The second kappa shape index (κ2) is 17.2. The lowest BCUT2D eigenvalue weighted by atomic mass is 9.80. The summed E-state index contributed by atoms with van der Waals surface area (Å²) in [5.41, 5.74) is 6.00. The van der Waals surface area contributed by atoms with E-state index in [1.807, 2.05) is 6.07 Å². The third-order valence-electron chi connectivity index (χ3n) is 11.8. The molecular formula is C42H63N5O3. The third-order valence-corrected chi connectivity index (χ3v) is 11.8. The van der Waals surface area contributed by atoms with Crippen molar-refractivity contribution in [3.8, 4) is 11.1 Å². The lowest BCUT2D eigenvalue weighted by molar-refractivity contribution is -0.147. The Bertz CT molecular complexity index is 1460. The maximum Gasteiger partial charge on any atom is 0.251 e. The van der Waals surface area contributed by atoms with Gasteiger partial charge in [-0.25, -0.2) is 0 Å². The fraction of sp³-hybridized carbons (Fsp3) is 0.643. The van der Waals surface area contributed by atoms with E-state index in [0.717, 1.165) is 73.9 Å². The van der Waals surface area contributed by atoms with Gasteiger partial charge in [-0.1, -0.05) is 63.3 Å². The molecule has 0 spiro atoms. The van der Waals surface area contributed by atoms with E-state index in [9.17, 15) is 14.4 Å². The summed E-state index contributed by atoms with van der Waals surface area (Å²) < 4.78 is 0. The van der Waals surface area contributed by atoms with Gasteiger partial charge in [-0.05, 0) is 113 Å². The Kier molecular flexibility index (Phi) is 13.0. The molecule has 2 aromatic carbocycles. The van der Waals surface area contributed by atoms with E-state index in [4.69, 9.17) is 0 Å². The van der Waals surface area contributed by atoms with Crippen LogP contribution in [0.2, 0.25) is 0 Å². The van der Waals surface area contributed by atoms with Gasteiger partial charge in [0, 0.05) is 62.5 Å². The summed E-state index contributed by atoms with van der Waals surface area (Å²) in [7, 11) is 6.29. The zero-order valence-electron chi connectivity index (χ0n) is 31.9. The maximum absolute atomic E-state index is 14.2. The lowest BCUT2D eigenvalue weighted by Crippen LogP contribution is -2.56. The molecule has 0 radical (unpaired) electrons. The number of nitrogens with one attached hydrogen (secondary N) is 2. The van der Waals surface area contributed by atoms with Gasteiger partial charge in [-0.15, -0.1) is 0 Å². The van der Waals surface area contributed by atoms with Crippen LogP contribution in [0.4, 0.5) is 5.69 Å². The molecule has 1 heterocycles. The molecule has 2 saturated carbocycles. The van der Waals surface area contributed by atoms with Gasteiger partial charge in [-0.3, -0.25) is 14.4 Å². The molecule has 1 saturated heterocycles. The van der Waals surface area contributed by atoms with Gasteiger partial charge in [0.15, 0.2) is 0 Å². The topological polar surface area (TPSA) is 85.0 Å². The highest BCUT2D eigenvalue weighted by Gasteiger charge is 2.41. The highest BCUT2D eigenvalue weighted by molar-refractivity contribution is 5.99. The van der Waals surface area contributed by atoms with Gasteiger partial charge in [-0.2, -0.15) is 0 Å². The van der Waals surface area contributed by atoms with Gasteiger partial charge in [0.05, 0.1) is 5.92 Å². The fourth-order valence-electron chi connectivity index (χ4n) is 9.03. The van der Waals surface area contributed by atoms with Crippen molar-refractivity contribution in [1.82, 2.24) is 20.4 Å². The number of rotatable bonds is 10. The lowest BCUT2D eigenvalue weighted by Gasteiger charge is -2.46. The quantitative estimate of drug-likeness (QED) is 0.274. The van der Waals surface area contributed by atoms with E-state index < -0.39 is 0 Å². The summed E-state index contributed by atoms with van der Waals surface area (Å²) in [6.07, 6.45) is 13.2. The zero-order valence-corrected chi connectivity index (χ0v) is 31.9. The molecule has 3 amide bonds. The molecule has 3 aliphatic rings. The normalized spacial score (nSPS) is 25.2. The summed E-state index contributed by atoms with van der Waals surface area (Å²) in [6.45, 7) is 9.27. The number of hydrogen-bond acceptors (Lipinski definition) is 5. The standard InChI is InChI=1S/C42H63N5O3/c1-28-23-29(2)47(37-13-11-9-8-10-12-14-37)42(50)39(28)26-43-41(49)38-24-34(33-17-15-32(16-18-33)27-45(5)6)25-40(30(38)3)46(7)36-21-19-35(20-22-36)44-31(4)48/h15-18,24-25,28-29,35-37,39H,8-14,19-23,26-27H2,1-7H3,(H,43,49)(H,44,48)/t28?,29?,35-,36+,39?. The average molecular weight is 686 g/mol. The molecule has 2 aromatic rings. The van der Waals surface area contributed by atoms with Crippen LogP contribution in [-0.2, 0) is 16.1 Å². The molecule has 0 bridgehead atoms. The Morgan fingerprint density at radius 3 is 2.12 bits per heavy atom. The molecule has 8 heteroatoms. The van der Waals surface area contributed by atoms with Crippen molar-refractivity contribution in [3.63, 3.8) is 0 Å². The first kappa shape index (κ1) is 37.9. The van der Waals surface area contributed by atoms with Gasteiger partial charge in [0.2, 0.25) is 11.8 Å². The Morgan fingerprint density at radius 2 is 1.50 bits per heavy atom. The number of anilines is 1. The predicted molar refractivity (Wildman–Crippen MR) is 204 cm³/mol. The molecule has 8 nitrogen and oxygen atoms in total. The molecule has 2 aliphatic carbocycles. The number of nitrogens with zero attached hydrogens (tertiary/aromatic N) is 3. The van der Waals surface area contributed by atoms with Crippen LogP contribution in [0, 0.1) is 18.8 Å². The molecule has 5 rings (SSSR count). The number of benzene rings is 2. The fourth-order valence-corrected chi connectivity index (χ4v) is 9.03. The number of carbonyl (C=O) groups excluding carboxylic acids is 3. The van der Waals surface area contributed by atoms with Crippen LogP contribution >= 0.6 is 0 Å². The van der Waals surface area contributed by atoms with Crippen molar-refractivity contribution in [2.24, 2.45) is 11.8 Å². The number of hydrogen-bond donors (Lipinski definition) is 2. The van der Waals surface area contributed by atoms with Crippen molar-refractivity contribution < 1.29 is 14.4 Å². The van der Waals surface area contributed by atoms with Crippen molar-refractivity contribution in [1.29, 1.82) is 0 Å². The summed E-state index contributed by atoms with van der Waals surface area (Å²) in [4.78, 5) is 46.7. The number of likely N-dealkylation sites (tertiary alicyclic amines) is 1. The van der Waals surface area contributed by atoms with Crippen molar-refractivity contribution in [3.05, 3.63) is 53.1 Å². The molecule has 274 valence electrons. The van der Waals surface area contributed by atoms with Crippen LogP contribution in [0.5, 0.6) is 0 Å². The van der Waals surface area contributed by atoms with Crippen LogP contribution in [0.1, 0.15) is 119 Å². The van der Waals surface area contributed by atoms with Crippen LogP contribution in [0.15, 0.2) is 36.4 Å². The average Bonchev–Trinajstić information content (AvgIpc) is 3.05. The van der Waals surface area contributed by atoms with E-state index in [0.29, 0.717) is 24.2 Å². The summed E-state index contributed by atoms with van der Waals surface area (Å²) in [5.74, 6) is 0.137. The monoisotopic (exact) mass is 685 g/mol. The van der Waals surface area contributed by atoms with Gasteiger partial charge in [0.1, 0.15) is 0 Å². The molecule has 1 aliphatic heterocycles. The SMILES string of the molecule is CC(=O)N[C@H]1CC[C@@H](N(C)c2cc(-c3ccc(CN(C)C)cc3)cc(C(=O)NCC3C(=O)N(C4CCCCCCC4)C(C)CC3C)c2C)CC1. The first-order valence-electron chi connectivity index (χ1n) is 19.4. The van der Waals surface area contributed by atoms with Gasteiger partial charge in [0.25, 0.3) is 5.91 Å². The van der Waals surface area contributed by atoms with Crippen LogP contribution in [0.25, 0.3) is 11.1 Å². The third kappa shape index (κ3) is 9.28. The number of carbonyl (C=O) groups is 3. The first-order valence-corrected chi connectivity index (χ1v) is 19.4. The van der Waals surface area contributed by atoms with Gasteiger partial charge >= 0.3 is 0 Å². The van der Waals surface area contributed by atoms with Gasteiger partial charge < -0.3 is 25.3 Å². The summed E-state index contributed by atoms with van der Waals surface area (Å²) in [5, 5.41) is 6.36. The smallest absolute Gasteiger partial charge is 0.251 e. The molecule has 0 aromatic heterocycles. The van der Waals surface area contributed by atoms with Crippen LogP contribution < -0.4 is 15.5 Å². The summed E-state index contributed by atoms with van der Waals surface area (Å²) in [6, 6.07) is 14.0. The largest absolute Gasteiger partial charge is 0.371 e. The Hall–Kier alpha value is -3.39. The molecule has 3 fully saturated rings. The highest BCUT2D eigenvalue weighted by Crippen LogP contribution is 2.36. The Morgan fingerprint density at radius 1 is 0.860 bits per heavy atom. The zero-order chi connectivity index (χ0) is 35.9. The molecule has 2 N–H and O–H groups in total. The number of piperidine rings is 1. The van der Waals surface area contributed by atoms with E-state index in [1.165, 1.54) is 37.7 Å². The molecule has 3 atom stereocenters. The minimum atomic E-state index is -0.214. The second-order valence-electron chi connectivity index (χ2n) is 16.0. The highest BCUT2D eigenvalue weighted by atomic mass is 16.2. The van der Waals surface area contributed by atoms with E-state index >= 15 is 0 Å². The van der Waals surface area contributed by atoms with E-state index in [1.54, 1.807) is 6.92 Å². The Labute approximate surface area is 301 Å². The Balaban J connectivity index is 1.38. The maximum atomic E-state index is 14.2. The van der Waals surface area contributed by atoms with E-state index in [2.05, 4.69) is 97.6 Å². The minimum Gasteiger partial charge on any atom is -0.371 e. The molecular weight excluding hydrogens is 622 g/mol. The number of amides is 3. The predicted octanol–water partition coefficient (Wildman–Crippen LogP) is 7.32. The summed E-state index contributed by atoms with van der Waals surface area (Å²) >= 11 is 0. The second-order valence-corrected chi connectivity index (χ2v) is 16.0. The van der Waals surface area contributed by atoms with Crippen LogP contribution in [-0.4, -0.2) is 79.4 Å². The minimum absolute atomic E-state index is 0.0315. The van der Waals surface area contributed by atoms with Crippen molar-refractivity contribution in [2.45, 2.75) is 135 Å².